The summed E-state index contributed by atoms with van der Waals surface area (Å²) in [6.07, 6.45) is 3.81. The molecule has 2 rings (SSSR count). The quantitative estimate of drug-likeness (QED) is 0.748. The summed E-state index contributed by atoms with van der Waals surface area (Å²) in [6, 6.07) is 5.65. The van der Waals surface area contributed by atoms with Crippen LogP contribution in [0.5, 0.6) is 5.75 Å². The van der Waals surface area contributed by atoms with E-state index in [4.69, 9.17) is 4.74 Å². The standard InChI is InChI=1S/C15H20N2O2/c1-4-16(5-2)11-15(18)13-7-9-17-8-6-12(19-3)10-14(13)17/h6-10H,4-5,11H2,1-3H3. The Labute approximate surface area is 113 Å². The number of pyridine rings is 1. The van der Waals surface area contributed by atoms with Crippen molar-refractivity contribution in [3.05, 3.63) is 36.2 Å². The van der Waals surface area contributed by atoms with Gasteiger partial charge in [-0.25, -0.2) is 0 Å². The summed E-state index contributed by atoms with van der Waals surface area (Å²) in [5.74, 6) is 0.919. The van der Waals surface area contributed by atoms with Gasteiger partial charge >= 0.3 is 0 Å². The Morgan fingerprint density at radius 3 is 2.58 bits per heavy atom. The van der Waals surface area contributed by atoms with Gasteiger partial charge in [-0.1, -0.05) is 13.8 Å². The largest absolute Gasteiger partial charge is 0.497 e. The third-order valence-electron chi connectivity index (χ3n) is 3.43. The summed E-state index contributed by atoms with van der Waals surface area (Å²) in [5.41, 5.74) is 1.65. The zero-order chi connectivity index (χ0) is 13.8. The summed E-state index contributed by atoms with van der Waals surface area (Å²) >= 11 is 0. The Kier molecular flexibility index (Phi) is 4.22. The van der Waals surface area contributed by atoms with Gasteiger partial charge in [0.1, 0.15) is 5.75 Å². The second kappa shape index (κ2) is 5.89. The molecule has 0 saturated heterocycles. The zero-order valence-corrected chi connectivity index (χ0v) is 11.7. The lowest BCUT2D eigenvalue weighted by atomic mass is 10.1. The Bertz CT molecular complexity index is 571. The van der Waals surface area contributed by atoms with Crippen molar-refractivity contribution >= 4 is 11.3 Å². The molecule has 0 aliphatic heterocycles. The summed E-state index contributed by atoms with van der Waals surface area (Å²) < 4.78 is 7.16. The predicted octanol–water partition coefficient (Wildman–Crippen LogP) is 2.47. The van der Waals surface area contributed by atoms with E-state index < -0.39 is 0 Å². The van der Waals surface area contributed by atoms with Gasteiger partial charge in [0.2, 0.25) is 0 Å². The molecule has 0 amide bonds. The highest BCUT2D eigenvalue weighted by molar-refractivity contribution is 6.04. The van der Waals surface area contributed by atoms with Gasteiger partial charge in [-0.2, -0.15) is 0 Å². The zero-order valence-electron chi connectivity index (χ0n) is 11.7. The number of hydrogen-bond acceptors (Lipinski definition) is 3. The molecule has 0 aromatic carbocycles. The number of methoxy groups -OCH3 is 1. The molecule has 0 spiro atoms. The molecule has 2 aromatic rings. The molecular formula is C15H20N2O2. The number of carbonyl (C=O) groups excluding carboxylic acids is 1. The molecule has 2 aromatic heterocycles. The van der Waals surface area contributed by atoms with Crippen LogP contribution in [0, 0.1) is 0 Å². The first kappa shape index (κ1) is 13.6. The van der Waals surface area contributed by atoms with Gasteiger partial charge in [0.25, 0.3) is 0 Å². The molecule has 0 aliphatic rings. The highest BCUT2D eigenvalue weighted by Crippen LogP contribution is 2.19. The Morgan fingerprint density at radius 1 is 1.26 bits per heavy atom. The van der Waals surface area contributed by atoms with E-state index in [0.717, 1.165) is 29.9 Å². The number of fused-ring (bicyclic) bond motifs is 1. The molecule has 0 atom stereocenters. The van der Waals surface area contributed by atoms with Crippen molar-refractivity contribution in [2.24, 2.45) is 0 Å². The van der Waals surface area contributed by atoms with Gasteiger partial charge in [-0.3, -0.25) is 9.69 Å². The number of Topliss-reactive ketones (excluding diaryl/α,β-unsaturated/α-hetero) is 1. The minimum absolute atomic E-state index is 0.152. The third kappa shape index (κ3) is 2.79. The van der Waals surface area contributed by atoms with Crippen molar-refractivity contribution in [1.82, 2.24) is 9.30 Å². The molecule has 0 fully saturated rings. The number of aromatic nitrogens is 1. The number of rotatable bonds is 6. The molecule has 19 heavy (non-hydrogen) atoms. The SMILES string of the molecule is CCN(CC)CC(=O)c1ccn2ccc(OC)cc12. The lowest BCUT2D eigenvalue weighted by molar-refractivity contribution is 0.0939. The van der Waals surface area contributed by atoms with Crippen LogP contribution in [0.1, 0.15) is 24.2 Å². The van der Waals surface area contributed by atoms with E-state index in [1.807, 2.05) is 35.0 Å². The number of carbonyl (C=O) groups is 1. The third-order valence-corrected chi connectivity index (χ3v) is 3.43. The molecule has 2 heterocycles. The monoisotopic (exact) mass is 260 g/mol. The molecule has 0 saturated carbocycles. The average molecular weight is 260 g/mol. The predicted molar refractivity (Wildman–Crippen MR) is 76.1 cm³/mol. The summed E-state index contributed by atoms with van der Waals surface area (Å²) in [7, 11) is 1.63. The van der Waals surface area contributed by atoms with Gasteiger partial charge in [0.15, 0.2) is 5.78 Å². The fourth-order valence-electron chi connectivity index (χ4n) is 2.18. The van der Waals surface area contributed by atoms with Gasteiger partial charge in [0, 0.05) is 24.0 Å². The average Bonchev–Trinajstić information content (AvgIpc) is 2.87. The number of hydrogen-bond donors (Lipinski definition) is 0. The first-order chi connectivity index (χ1) is 9.19. The maximum atomic E-state index is 12.4. The van der Waals surface area contributed by atoms with Crippen molar-refractivity contribution < 1.29 is 9.53 Å². The molecule has 0 N–H and O–H groups in total. The lowest BCUT2D eigenvalue weighted by Gasteiger charge is -2.16. The van der Waals surface area contributed by atoms with E-state index >= 15 is 0 Å². The van der Waals surface area contributed by atoms with Crippen molar-refractivity contribution in [2.45, 2.75) is 13.8 Å². The minimum atomic E-state index is 0.152. The Balaban J connectivity index is 2.31. The Hall–Kier alpha value is -1.81. The van der Waals surface area contributed by atoms with Crippen LogP contribution in [0.25, 0.3) is 5.52 Å². The molecule has 102 valence electrons. The summed E-state index contributed by atoms with van der Waals surface area (Å²) in [4.78, 5) is 14.5. The fraction of sp³-hybridized carbons (Fsp3) is 0.400. The van der Waals surface area contributed by atoms with E-state index in [1.165, 1.54) is 0 Å². The topological polar surface area (TPSA) is 34.0 Å². The van der Waals surface area contributed by atoms with Crippen LogP contribution in [0.15, 0.2) is 30.6 Å². The van der Waals surface area contributed by atoms with Crippen LogP contribution in [-0.4, -0.2) is 41.8 Å². The number of ketones is 1. The normalized spacial score (nSPS) is 11.2. The second-order valence-corrected chi connectivity index (χ2v) is 4.47. The summed E-state index contributed by atoms with van der Waals surface area (Å²) in [5, 5.41) is 0. The molecule has 0 unspecified atom stereocenters. The van der Waals surface area contributed by atoms with Gasteiger partial charge in [-0.15, -0.1) is 0 Å². The van der Waals surface area contributed by atoms with Crippen LogP contribution in [0.4, 0.5) is 0 Å². The van der Waals surface area contributed by atoms with E-state index in [9.17, 15) is 4.79 Å². The van der Waals surface area contributed by atoms with E-state index in [1.54, 1.807) is 7.11 Å². The summed E-state index contributed by atoms with van der Waals surface area (Å²) in [6.45, 7) is 6.37. The number of nitrogens with zero attached hydrogens (tertiary/aromatic N) is 2. The van der Waals surface area contributed by atoms with Crippen molar-refractivity contribution in [2.75, 3.05) is 26.7 Å². The lowest BCUT2D eigenvalue weighted by Crippen LogP contribution is -2.29. The molecule has 0 aliphatic carbocycles. The van der Waals surface area contributed by atoms with Crippen molar-refractivity contribution in [1.29, 1.82) is 0 Å². The van der Waals surface area contributed by atoms with Crippen LogP contribution < -0.4 is 4.74 Å². The molecule has 4 heteroatoms. The van der Waals surface area contributed by atoms with E-state index in [0.29, 0.717) is 6.54 Å². The van der Waals surface area contributed by atoms with E-state index in [-0.39, 0.29) is 5.78 Å². The van der Waals surface area contributed by atoms with E-state index in [2.05, 4.69) is 18.7 Å². The minimum Gasteiger partial charge on any atom is -0.497 e. The highest BCUT2D eigenvalue weighted by Gasteiger charge is 2.14. The molecule has 0 radical (unpaired) electrons. The maximum absolute atomic E-state index is 12.4. The molecule has 0 bridgehead atoms. The van der Waals surface area contributed by atoms with Crippen LogP contribution >= 0.6 is 0 Å². The van der Waals surface area contributed by atoms with Crippen molar-refractivity contribution in [3.8, 4) is 5.75 Å². The van der Waals surface area contributed by atoms with Gasteiger partial charge < -0.3 is 9.14 Å². The number of ether oxygens (including phenoxy) is 1. The second-order valence-electron chi connectivity index (χ2n) is 4.47. The van der Waals surface area contributed by atoms with Gasteiger partial charge in [-0.05, 0) is 25.2 Å². The number of likely N-dealkylation sites (N-methyl/N-ethyl adjacent to an activating group) is 1. The first-order valence-corrected chi connectivity index (χ1v) is 6.59. The van der Waals surface area contributed by atoms with Crippen molar-refractivity contribution in [3.63, 3.8) is 0 Å². The van der Waals surface area contributed by atoms with Crippen LogP contribution in [0.2, 0.25) is 0 Å². The van der Waals surface area contributed by atoms with Gasteiger partial charge in [0.05, 0.1) is 19.2 Å². The smallest absolute Gasteiger partial charge is 0.178 e. The van der Waals surface area contributed by atoms with Crippen LogP contribution in [0.3, 0.4) is 0 Å². The molecule has 4 nitrogen and oxygen atoms in total. The first-order valence-electron chi connectivity index (χ1n) is 6.59. The molecular weight excluding hydrogens is 240 g/mol. The maximum Gasteiger partial charge on any atom is 0.178 e. The van der Waals surface area contributed by atoms with Crippen LogP contribution in [-0.2, 0) is 0 Å². The highest BCUT2D eigenvalue weighted by atomic mass is 16.5. The Morgan fingerprint density at radius 2 is 1.95 bits per heavy atom. The fourth-order valence-corrected chi connectivity index (χ4v) is 2.18.